The second-order valence-electron chi connectivity index (χ2n) is 8.62. The molecule has 1 atom stereocenters. The van der Waals surface area contributed by atoms with E-state index in [2.05, 4.69) is 40.6 Å². The van der Waals surface area contributed by atoms with Crippen molar-refractivity contribution in [3.8, 4) is 0 Å². The van der Waals surface area contributed by atoms with Crippen molar-refractivity contribution in [2.75, 3.05) is 38.1 Å². The first-order valence-corrected chi connectivity index (χ1v) is 12.1. The molecule has 162 valence electrons. The number of rotatable bonds is 4. The van der Waals surface area contributed by atoms with Crippen LogP contribution in [0.1, 0.15) is 28.7 Å². The SMILES string of the molecule is Cc1ccc(S(=O)(=O)N[C@@H]2CCc3c(C)ccc(N4CCN(C)CC4)c3C2)cc1F. The van der Waals surface area contributed by atoms with Crippen LogP contribution in [0, 0.1) is 19.7 Å². The lowest BCUT2D eigenvalue weighted by Gasteiger charge is -2.37. The van der Waals surface area contributed by atoms with Crippen molar-refractivity contribution >= 4 is 15.7 Å². The zero-order valence-electron chi connectivity index (χ0n) is 17.9. The van der Waals surface area contributed by atoms with Crippen molar-refractivity contribution in [2.45, 2.75) is 44.0 Å². The smallest absolute Gasteiger partial charge is 0.240 e. The van der Waals surface area contributed by atoms with Gasteiger partial charge in [0.25, 0.3) is 0 Å². The van der Waals surface area contributed by atoms with Gasteiger partial charge in [0.15, 0.2) is 0 Å². The maximum Gasteiger partial charge on any atom is 0.240 e. The molecule has 0 radical (unpaired) electrons. The van der Waals surface area contributed by atoms with E-state index in [0.717, 1.165) is 45.1 Å². The van der Waals surface area contributed by atoms with E-state index in [1.165, 1.54) is 34.5 Å². The van der Waals surface area contributed by atoms with Gasteiger partial charge in [-0.25, -0.2) is 17.5 Å². The molecule has 0 bridgehead atoms. The zero-order chi connectivity index (χ0) is 21.5. The number of aryl methyl sites for hydroxylation is 2. The predicted molar refractivity (Wildman–Crippen MR) is 118 cm³/mol. The molecule has 1 saturated heterocycles. The van der Waals surface area contributed by atoms with Gasteiger partial charge in [-0.3, -0.25) is 0 Å². The minimum Gasteiger partial charge on any atom is -0.369 e. The fraction of sp³-hybridized carbons (Fsp3) is 0.478. The highest BCUT2D eigenvalue weighted by Gasteiger charge is 2.29. The number of benzene rings is 2. The molecule has 1 fully saturated rings. The molecule has 0 aromatic heterocycles. The molecule has 2 aliphatic rings. The summed E-state index contributed by atoms with van der Waals surface area (Å²) in [5.41, 5.74) is 5.54. The van der Waals surface area contributed by atoms with Crippen LogP contribution in [0.2, 0.25) is 0 Å². The Bertz CT molecular complexity index is 1050. The topological polar surface area (TPSA) is 52.7 Å². The van der Waals surface area contributed by atoms with Crippen molar-refractivity contribution in [2.24, 2.45) is 0 Å². The lowest BCUT2D eigenvalue weighted by atomic mass is 9.84. The first-order chi connectivity index (χ1) is 14.2. The number of halogens is 1. The third-order valence-corrected chi connectivity index (χ3v) is 7.97. The fourth-order valence-electron chi connectivity index (χ4n) is 4.51. The average molecular weight is 432 g/mol. The van der Waals surface area contributed by atoms with Crippen LogP contribution < -0.4 is 9.62 Å². The molecular formula is C23H30FN3O2S. The van der Waals surface area contributed by atoms with E-state index >= 15 is 0 Å². The van der Waals surface area contributed by atoms with Crippen LogP contribution in [0.4, 0.5) is 10.1 Å². The van der Waals surface area contributed by atoms with Crippen LogP contribution in [-0.4, -0.2) is 52.6 Å². The minimum absolute atomic E-state index is 0.0140. The van der Waals surface area contributed by atoms with Gasteiger partial charge in [-0.15, -0.1) is 0 Å². The normalized spacial score (nSPS) is 20.3. The Balaban J connectivity index is 1.58. The van der Waals surface area contributed by atoms with Crippen molar-refractivity contribution in [1.29, 1.82) is 0 Å². The molecular weight excluding hydrogens is 401 g/mol. The number of anilines is 1. The molecule has 4 rings (SSSR count). The van der Waals surface area contributed by atoms with Crippen molar-refractivity contribution in [3.63, 3.8) is 0 Å². The Labute approximate surface area is 178 Å². The molecule has 2 aromatic carbocycles. The highest BCUT2D eigenvalue weighted by Crippen LogP contribution is 2.34. The Morgan fingerprint density at radius 1 is 1.00 bits per heavy atom. The Kier molecular flexibility index (Phi) is 5.88. The van der Waals surface area contributed by atoms with Gasteiger partial charge in [0.1, 0.15) is 5.82 Å². The number of hydrogen-bond donors (Lipinski definition) is 1. The van der Waals surface area contributed by atoms with Crippen LogP contribution in [0.25, 0.3) is 0 Å². The second kappa shape index (κ2) is 8.29. The maximum atomic E-state index is 13.9. The molecule has 0 unspecified atom stereocenters. The Morgan fingerprint density at radius 3 is 2.40 bits per heavy atom. The summed E-state index contributed by atoms with van der Waals surface area (Å²) in [7, 11) is -1.63. The average Bonchev–Trinajstić information content (AvgIpc) is 2.71. The fourth-order valence-corrected chi connectivity index (χ4v) is 5.79. The molecule has 30 heavy (non-hydrogen) atoms. The molecule has 0 saturated carbocycles. The molecule has 1 aliphatic carbocycles. The van der Waals surface area contributed by atoms with Gasteiger partial charge in [-0.2, -0.15) is 0 Å². The van der Waals surface area contributed by atoms with Crippen LogP contribution >= 0.6 is 0 Å². The summed E-state index contributed by atoms with van der Waals surface area (Å²) in [5, 5.41) is 0. The molecule has 5 nitrogen and oxygen atoms in total. The molecule has 0 spiro atoms. The lowest BCUT2D eigenvalue weighted by Crippen LogP contribution is -2.45. The number of fused-ring (bicyclic) bond motifs is 1. The largest absolute Gasteiger partial charge is 0.369 e. The minimum atomic E-state index is -3.77. The molecule has 2 aromatic rings. The highest BCUT2D eigenvalue weighted by molar-refractivity contribution is 7.89. The molecule has 1 heterocycles. The summed E-state index contributed by atoms with van der Waals surface area (Å²) in [5.74, 6) is -0.500. The van der Waals surface area contributed by atoms with Crippen LogP contribution in [-0.2, 0) is 22.9 Å². The van der Waals surface area contributed by atoms with E-state index < -0.39 is 15.8 Å². The Morgan fingerprint density at radius 2 is 1.70 bits per heavy atom. The van der Waals surface area contributed by atoms with E-state index in [9.17, 15) is 12.8 Å². The van der Waals surface area contributed by atoms with Crippen molar-refractivity contribution in [3.05, 3.63) is 58.4 Å². The van der Waals surface area contributed by atoms with E-state index in [1.807, 2.05) is 0 Å². The Hall–Kier alpha value is -1.96. The van der Waals surface area contributed by atoms with Gasteiger partial charge in [0.05, 0.1) is 4.90 Å². The second-order valence-corrected chi connectivity index (χ2v) is 10.3. The van der Waals surface area contributed by atoms with Crippen LogP contribution in [0.5, 0.6) is 0 Å². The molecule has 1 aliphatic heterocycles. The summed E-state index contributed by atoms with van der Waals surface area (Å²) < 4.78 is 42.5. The van der Waals surface area contributed by atoms with Gasteiger partial charge in [-0.05, 0) is 80.6 Å². The van der Waals surface area contributed by atoms with E-state index in [0.29, 0.717) is 12.0 Å². The number of sulfonamides is 1. The third-order valence-electron chi connectivity index (χ3n) is 6.45. The van der Waals surface area contributed by atoms with Gasteiger partial charge in [0.2, 0.25) is 10.0 Å². The van der Waals surface area contributed by atoms with E-state index in [-0.39, 0.29) is 10.9 Å². The summed E-state index contributed by atoms with van der Waals surface area (Å²) >= 11 is 0. The summed E-state index contributed by atoms with van der Waals surface area (Å²) in [4.78, 5) is 4.74. The summed E-state index contributed by atoms with van der Waals surface area (Å²) in [6, 6.07) is 8.26. The quantitative estimate of drug-likeness (QED) is 0.809. The summed E-state index contributed by atoms with van der Waals surface area (Å²) in [6.45, 7) is 7.76. The van der Waals surface area contributed by atoms with Crippen LogP contribution in [0.3, 0.4) is 0 Å². The lowest BCUT2D eigenvalue weighted by molar-refractivity contribution is 0.312. The van der Waals surface area contributed by atoms with Gasteiger partial charge < -0.3 is 9.80 Å². The molecule has 7 heteroatoms. The number of nitrogens with zero attached hydrogens (tertiary/aromatic N) is 2. The standard InChI is InChI=1S/C23H30FN3O2S/c1-16-5-9-23(27-12-10-26(3)11-13-27)21-14-18(6-8-20(16)21)25-30(28,29)19-7-4-17(2)22(24)15-19/h4-5,7,9,15,18,25H,6,8,10-14H2,1-3H3/t18-/m1/s1. The number of piperazine rings is 1. The van der Waals surface area contributed by atoms with Crippen molar-refractivity contribution in [1.82, 2.24) is 9.62 Å². The van der Waals surface area contributed by atoms with E-state index in [4.69, 9.17) is 0 Å². The monoisotopic (exact) mass is 431 g/mol. The van der Waals surface area contributed by atoms with Crippen molar-refractivity contribution < 1.29 is 12.8 Å². The predicted octanol–water partition coefficient (Wildman–Crippen LogP) is 3.03. The van der Waals surface area contributed by atoms with Gasteiger partial charge in [-0.1, -0.05) is 12.1 Å². The van der Waals surface area contributed by atoms with Gasteiger partial charge >= 0.3 is 0 Å². The number of nitrogens with one attached hydrogen (secondary N) is 1. The first kappa shape index (κ1) is 21.3. The molecule has 1 N–H and O–H groups in total. The van der Waals surface area contributed by atoms with Gasteiger partial charge in [0, 0.05) is 37.9 Å². The third kappa shape index (κ3) is 4.24. The first-order valence-electron chi connectivity index (χ1n) is 10.6. The van der Waals surface area contributed by atoms with E-state index in [1.54, 1.807) is 6.92 Å². The summed E-state index contributed by atoms with van der Waals surface area (Å²) in [6.07, 6.45) is 2.25. The maximum absolute atomic E-state index is 13.9. The highest BCUT2D eigenvalue weighted by atomic mass is 32.2. The zero-order valence-corrected chi connectivity index (χ0v) is 18.7. The van der Waals surface area contributed by atoms with Crippen LogP contribution in [0.15, 0.2) is 35.2 Å². The number of hydrogen-bond acceptors (Lipinski definition) is 4. The number of likely N-dealkylation sites (N-methyl/N-ethyl adjacent to an activating group) is 1. The molecule has 0 amide bonds.